The number of alkyl carbamates (subject to hydrolysis) is 1. The maximum absolute atomic E-state index is 13.6. The summed E-state index contributed by atoms with van der Waals surface area (Å²) in [5, 5.41) is 2.89. The van der Waals surface area contributed by atoms with Gasteiger partial charge in [0.25, 0.3) is 0 Å². The molecule has 0 atom stereocenters. The SMILES string of the molecule is CC(C)(C)OC(=O)/C=C(/CCN(CS(=O)(=O)c1ccccc1)C1CCC(NC(=O)OC(C)(C)C)CC1)c1cccc(C(F)(F)F)c1. The summed E-state index contributed by atoms with van der Waals surface area (Å²) >= 11 is 0. The van der Waals surface area contributed by atoms with E-state index in [-0.39, 0.29) is 41.4 Å². The van der Waals surface area contributed by atoms with Crippen LogP contribution in [0.15, 0.2) is 65.6 Å². The minimum absolute atomic E-state index is 0.0843. The van der Waals surface area contributed by atoms with Crippen molar-refractivity contribution >= 4 is 27.5 Å². The second-order valence-corrected chi connectivity index (χ2v) is 15.5. The van der Waals surface area contributed by atoms with Crippen LogP contribution in [-0.4, -0.2) is 61.1 Å². The van der Waals surface area contributed by atoms with Gasteiger partial charge in [0.05, 0.1) is 10.5 Å². The van der Waals surface area contributed by atoms with Crippen molar-refractivity contribution in [2.24, 2.45) is 0 Å². The average molecular weight is 667 g/mol. The molecule has 2 aromatic carbocycles. The van der Waals surface area contributed by atoms with Gasteiger partial charge in [-0.25, -0.2) is 18.0 Å². The number of nitrogens with zero attached hydrogens (tertiary/aromatic N) is 1. The molecule has 8 nitrogen and oxygen atoms in total. The van der Waals surface area contributed by atoms with Gasteiger partial charge >= 0.3 is 18.2 Å². The van der Waals surface area contributed by atoms with Crippen LogP contribution in [0.3, 0.4) is 0 Å². The van der Waals surface area contributed by atoms with E-state index in [1.165, 1.54) is 30.3 Å². The third kappa shape index (κ3) is 12.1. The van der Waals surface area contributed by atoms with Crippen molar-refractivity contribution < 1.29 is 40.7 Å². The molecule has 2 aromatic rings. The Labute approximate surface area is 270 Å². The number of esters is 1. The van der Waals surface area contributed by atoms with Gasteiger partial charge in [-0.05, 0) is 109 Å². The Morgan fingerprint density at radius 1 is 0.891 bits per heavy atom. The summed E-state index contributed by atoms with van der Waals surface area (Å²) in [6.07, 6.45) is -1.53. The number of sulfone groups is 1. The second-order valence-electron chi connectivity index (χ2n) is 13.6. The van der Waals surface area contributed by atoms with Crippen LogP contribution in [-0.2, 0) is 30.3 Å². The van der Waals surface area contributed by atoms with Gasteiger partial charge in [0, 0.05) is 24.7 Å². The standard InChI is InChI=1S/C34H45F3N2O6S/c1-32(2,3)44-30(40)22-25(24-11-10-12-26(21-24)34(35,36)37)19-20-39(23-46(42,43)29-13-8-7-9-14-29)28-17-15-27(16-18-28)38-31(41)45-33(4,5)6/h7-14,21-22,27-28H,15-20,23H2,1-6H3,(H,38,41)/b25-22-. The van der Waals surface area contributed by atoms with E-state index in [1.54, 1.807) is 59.7 Å². The summed E-state index contributed by atoms with van der Waals surface area (Å²) in [6.45, 7) is 10.5. The Hall–Kier alpha value is -3.38. The van der Waals surface area contributed by atoms with Crippen molar-refractivity contribution in [1.82, 2.24) is 10.2 Å². The number of benzene rings is 2. The Morgan fingerprint density at radius 2 is 1.50 bits per heavy atom. The third-order valence-electron chi connectivity index (χ3n) is 7.30. The van der Waals surface area contributed by atoms with Crippen molar-refractivity contribution in [2.45, 2.75) is 108 Å². The molecular formula is C34H45F3N2O6S. The summed E-state index contributed by atoms with van der Waals surface area (Å²) in [7, 11) is -3.77. The van der Waals surface area contributed by atoms with Gasteiger partial charge in [0.2, 0.25) is 0 Å². The van der Waals surface area contributed by atoms with Gasteiger partial charge in [0.15, 0.2) is 9.84 Å². The largest absolute Gasteiger partial charge is 0.457 e. The van der Waals surface area contributed by atoms with E-state index in [9.17, 15) is 31.2 Å². The van der Waals surface area contributed by atoms with Gasteiger partial charge in [-0.1, -0.05) is 30.3 Å². The zero-order chi connectivity index (χ0) is 34.3. The van der Waals surface area contributed by atoms with E-state index in [1.807, 2.05) is 4.90 Å². The highest BCUT2D eigenvalue weighted by Gasteiger charge is 2.33. The van der Waals surface area contributed by atoms with E-state index in [4.69, 9.17) is 9.47 Å². The number of carbonyl (C=O) groups is 2. The fourth-order valence-electron chi connectivity index (χ4n) is 5.27. The number of hydrogen-bond donors (Lipinski definition) is 1. The number of ether oxygens (including phenoxy) is 2. The number of rotatable bonds is 10. The van der Waals surface area contributed by atoms with Gasteiger partial charge < -0.3 is 14.8 Å². The zero-order valence-electron chi connectivity index (χ0n) is 27.3. The lowest BCUT2D eigenvalue weighted by Gasteiger charge is -2.37. The molecule has 0 spiro atoms. The predicted octanol–water partition coefficient (Wildman–Crippen LogP) is 7.39. The molecule has 0 unspecified atom stereocenters. The summed E-state index contributed by atoms with van der Waals surface area (Å²) in [6, 6.07) is 12.4. The highest BCUT2D eigenvalue weighted by atomic mass is 32.2. The van der Waals surface area contributed by atoms with Gasteiger partial charge in [-0.15, -0.1) is 0 Å². The monoisotopic (exact) mass is 666 g/mol. The molecule has 0 aromatic heterocycles. The third-order valence-corrected chi connectivity index (χ3v) is 8.96. The predicted molar refractivity (Wildman–Crippen MR) is 170 cm³/mol. The molecule has 3 rings (SSSR count). The Morgan fingerprint density at radius 3 is 2.07 bits per heavy atom. The van der Waals surface area contributed by atoms with Crippen LogP contribution < -0.4 is 5.32 Å². The van der Waals surface area contributed by atoms with E-state index < -0.39 is 44.8 Å². The van der Waals surface area contributed by atoms with Gasteiger partial charge in [0.1, 0.15) is 17.1 Å². The molecule has 1 aliphatic carbocycles. The second kappa shape index (κ2) is 15.0. The molecule has 46 heavy (non-hydrogen) atoms. The lowest BCUT2D eigenvalue weighted by molar-refractivity contribution is -0.148. The number of alkyl halides is 3. The summed E-state index contributed by atoms with van der Waals surface area (Å²) < 4.78 is 78.6. The fraction of sp³-hybridized carbons (Fsp3) is 0.529. The number of amides is 1. The first kappa shape index (κ1) is 37.1. The van der Waals surface area contributed by atoms with E-state index >= 15 is 0 Å². The minimum atomic E-state index is -4.59. The molecule has 0 aliphatic heterocycles. The van der Waals surface area contributed by atoms with Crippen molar-refractivity contribution in [3.8, 4) is 0 Å². The van der Waals surface area contributed by atoms with Crippen molar-refractivity contribution in [3.05, 3.63) is 71.8 Å². The van der Waals surface area contributed by atoms with Crippen molar-refractivity contribution in [1.29, 1.82) is 0 Å². The zero-order valence-corrected chi connectivity index (χ0v) is 28.1. The van der Waals surface area contributed by atoms with Gasteiger partial charge in [-0.3, -0.25) is 4.90 Å². The lowest BCUT2D eigenvalue weighted by atomic mass is 9.90. The molecule has 0 saturated heterocycles. The molecule has 12 heteroatoms. The summed E-state index contributed by atoms with van der Waals surface area (Å²) in [5.74, 6) is -1.04. The van der Waals surface area contributed by atoms with E-state index in [0.717, 1.165) is 12.1 Å². The first-order valence-corrected chi connectivity index (χ1v) is 17.0. The first-order valence-electron chi connectivity index (χ1n) is 15.3. The topological polar surface area (TPSA) is 102 Å². The molecule has 1 amide bonds. The van der Waals surface area contributed by atoms with Gasteiger partial charge in [-0.2, -0.15) is 13.2 Å². The molecule has 1 fully saturated rings. The normalized spacial score (nSPS) is 18.3. The van der Waals surface area contributed by atoms with Crippen LogP contribution in [0.25, 0.3) is 5.57 Å². The molecule has 1 N–H and O–H groups in total. The maximum atomic E-state index is 13.6. The number of halogens is 3. The summed E-state index contributed by atoms with van der Waals surface area (Å²) in [4.78, 5) is 27.1. The lowest BCUT2D eigenvalue weighted by Crippen LogP contribution is -2.46. The van der Waals surface area contributed by atoms with Crippen molar-refractivity contribution in [2.75, 3.05) is 12.4 Å². The molecule has 254 valence electrons. The van der Waals surface area contributed by atoms with Crippen LogP contribution in [0, 0.1) is 0 Å². The fourth-order valence-corrected chi connectivity index (χ4v) is 6.76. The number of hydrogen-bond acceptors (Lipinski definition) is 7. The van der Waals surface area contributed by atoms with Crippen LogP contribution in [0.5, 0.6) is 0 Å². The number of nitrogens with one attached hydrogen (secondary N) is 1. The van der Waals surface area contributed by atoms with Crippen LogP contribution >= 0.6 is 0 Å². The molecular weight excluding hydrogens is 621 g/mol. The molecule has 0 heterocycles. The molecule has 0 bridgehead atoms. The first-order chi connectivity index (χ1) is 21.2. The van der Waals surface area contributed by atoms with Crippen LogP contribution in [0.1, 0.15) is 84.8 Å². The highest BCUT2D eigenvalue weighted by molar-refractivity contribution is 7.91. The Balaban J connectivity index is 1.88. The average Bonchev–Trinajstić information content (AvgIpc) is 2.93. The molecule has 1 saturated carbocycles. The van der Waals surface area contributed by atoms with Crippen LogP contribution in [0.4, 0.5) is 18.0 Å². The minimum Gasteiger partial charge on any atom is -0.457 e. The maximum Gasteiger partial charge on any atom is 0.416 e. The van der Waals surface area contributed by atoms with E-state index in [0.29, 0.717) is 31.3 Å². The molecule has 0 radical (unpaired) electrons. The number of carbonyl (C=O) groups excluding carboxylic acids is 2. The molecule has 1 aliphatic rings. The smallest absolute Gasteiger partial charge is 0.416 e. The van der Waals surface area contributed by atoms with Crippen LogP contribution in [0.2, 0.25) is 0 Å². The van der Waals surface area contributed by atoms with E-state index in [2.05, 4.69) is 5.32 Å². The Bertz CT molecular complexity index is 1470. The van der Waals surface area contributed by atoms with Crippen molar-refractivity contribution in [3.63, 3.8) is 0 Å². The highest BCUT2D eigenvalue weighted by Crippen LogP contribution is 2.33. The quantitative estimate of drug-likeness (QED) is 0.208. The Kier molecular flexibility index (Phi) is 12.1. The summed E-state index contributed by atoms with van der Waals surface area (Å²) in [5.41, 5.74) is -1.85.